The van der Waals surface area contributed by atoms with Gasteiger partial charge < -0.3 is 14.2 Å². The summed E-state index contributed by atoms with van der Waals surface area (Å²) in [6.45, 7) is 3.19. The van der Waals surface area contributed by atoms with E-state index < -0.39 is 25.2 Å². The van der Waals surface area contributed by atoms with Gasteiger partial charge in [-0.1, -0.05) is 0 Å². The molecule has 2 aromatic rings. The van der Waals surface area contributed by atoms with Crippen molar-refractivity contribution in [3.05, 3.63) is 37.4 Å². The van der Waals surface area contributed by atoms with Crippen LogP contribution in [0.1, 0.15) is 12.8 Å². The first-order chi connectivity index (χ1) is 15.6. The second-order valence-electron chi connectivity index (χ2n) is 7.35. The first kappa shape index (κ1) is 27.1. The summed E-state index contributed by atoms with van der Waals surface area (Å²) in [7, 11) is 0. The predicted molar refractivity (Wildman–Crippen MR) is 103 cm³/mol. The van der Waals surface area contributed by atoms with Gasteiger partial charge in [-0.15, -0.1) is 0 Å². The van der Waals surface area contributed by atoms with Gasteiger partial charge in [0.25, 0.3) is 0 Å². The lowest BCUT2D eigenvalue weighted by atomic mass is 10.4. The molecule has 0 saturated carbocycles. The van der Waals surface area contributed by atoms with E-state index in [-0.39, 0.29) is 13.1 Å². The molecule has 13 heteroatoms. The van der Waals surface area contributed by atoms with Crippen molar-refractivity contribution in [3.8, 4) is 0 Å². The Labute approximate surface area is 188 Å². The number of rotatable bonds is 16. The second kappa shape index (κ2) is 13.6. The van der Waals surface area contributed by atoms with Crippen molar-refractivity contribution in [1.82, 2.24) is 9.13 Å². The molecule has 0 radical (unpaired) electrons. The highest BCUT2D eigenvalue weighted by Gasteiger charge is 2.28. The van der Waals surface area contributed by atoms with Gasteiger partial charge in [0.05, 0.1) is 65.6 Å². The highest BCUT2D eigenvalue weighted by Crippen LogP contribution is 2.19. The number of alkyl halides is 6. The van der Waals surface area contributed by atoms with E-state index in [4.69, 9.17) is 14.2 Å². The second-order valence-corrected chi connectivity index (χ2v) is 7.35. The van der Waals surface area contributed by atoms with Gasteiger partial charge in [-0.05, 0) is 0 Å². The maximum absolute atomic E-state index is 12.2. The SMILES string of the molecule is FC(F)(F)CC[n+]1ccn(CCOCCOCCOCCn2cc[n+](CCC(F)(F)F)c2)c1. The van der Waals surface area contributed by atoms with Crippen molar-refractivity contribution < 1.29 is 49.7 Å². The lowest BCUT2D eigenvalue weighted by Crippen LogP contribution is -2.33. The molecule has 0 aliphatic heterocycles. The minimum atomic E-state index is -4.17. The van der Waals surface area contributed by atoms with Crippen molar-refractivity contribution in [3.63, 3.8) is 0 Å². The van der Waals surface area contributed by atoms with E-state index in [2.05, 4.69) is 0 Å². The van der Waals surface area contributed by atoms with Crippen molar-refractivity contribution in [2.45, 2.75) is 51.4 Å². The molecule has 2 heterocycles. The van der Waals surface area contributed by atoms with Crippen molar-refractivity contribution in [2.24, 2.45) is 0 Å². The Morgan fingerprint density at radius 1 is 0.576 bits per heavy atom. The molecule has 0 fully saturated rings. The molecule has 7 nitrogen and oxygen atoms in total. The zero-order valence-corrected chi connectivity index (χ0v) is 18.2. The van der Waals surface area contributed by atoms with Crippen LogP contribution in [0, 0.1) is 0 Å². The number of aromatic nitrogens is 4. The molecule has 0 atom stereocenters. The maximum atomic E-state index is 12.2. The van der Waals surface area contributed by atoms with Gasteiger partial charge in [-0.3, -0.25) is 0 Å². The van der Waals surface area contributed by atoms with Crippen LogP contribution in [-0.2, 0) is 40.4 Å². The smallest absolute Gasteiger partial charge is 0.377 e. The fourth-order valence-electron chi connectivity index (χ4n) is 2.80. The number of nitrogens with zero attached hydrogens (tertiary/aromatic N) is 4. The Hall–Kier alpha value is -2.12. The van der Waals surface area contributed by atoms with Gasteiger partial charge >= 0.3 is 12.4 Å². The molecule has 0 bridgehead atoms. The fourth-order valence-corrected chi connectivity index (χ4v) is 2.80. The Balaban J connectivity index is 1.40. The summed E-state index contributed by atoms with van der Waals surface area (Å²) in [6.07, 6.45) is -0.264. The van der Waals surface area contributed by atoms with E-state index in [0.717, 1.165) is 0 Å². The van der Waals surface area contributed by atoms with Crippen molar-refractivity contribution >= 4 is 0 Å². The van der Waals surface area contributed by atoms with E-state index in [1.807, 2.05) is 0 Å². The van der Waals surface area contributed by atoms with Crippen molar-refractivity contribution in [2.75, 3.05) is 39.6 Å². The van der Waals surface area contributed by atoms with Gasteiger partial charge in [-0.2, -0.15) is 26.3 Å². The Kier molecular flexibility index (Phi) is 11.1. The van der Waals surface area contributed by atoms with E-state index in [9.17, 15) is 26.3 Å². The summed E-state index contributed by atoms with van der Waals surface area (Å²) in [5.74, 6) is 0. The van der Waals surface area contributed by atoms with Gasteiger partial charge in [0, 0.05) is 0 Å². The summed E-state index contributed by atoms with van der Waals surface area (Å²) >= 11 is 0. The summed E-state index contributed by atoms with van der Waals surface area (Å²) < 4.78 is 96.1. The number of aryl methyl sites for hydroxylation is 2. The first-order valence-corrected chi connectivity index (χ1v) is 10.6. The predicted octanol–water partition coefficient (Wildman–Crippen LogP) is 2.52. The standard InChI is InChI=1S/C20H30F6N4O3/c21-19(22,23)1-3-27-5-7-29(17-27)9-11-31-13-15-33-16-14-32-12-10-30-8-6-28(18-30)4-2-20(24,25)26/h5-8,17-18H,1-4,9-16H2/q+2. The zero-order valence-electron chi connectivity index (χ0n) is 18.2. The number of hydrogen-bond donors (Lipinski definition) is 0. The van der Waals surface area contributed by atoms with Gasteiger partial charge in [0.1, 0.15) is 37.9 Å². The average Bonchev–Trinajstić information content (AvgIpc) is 3.37. The number of halogens is 6. The van der Waals surface area contributed by atoms with Crippen LogP contribution in [0.15, 0.2) is 37.4 Å². The Morgan fingerprint density at radius 2 is 0.939 bits per heavy atom. The van der Waals surface area contributed by atoms with Crippen LogP contribution in [-0.4, -0.2) is 61.1 Å². The maximum Gasteiger partial charge on any atom is 0.392 e. The number of imidazole rings is 2. The summed E-state index contributed by atoms with van der Waals surface area (Å²) in [5.41, 5.74) is 0. The highest BCUT2D eigenvalue weighted by molar-refractivity contribution is 4.67. The molecular formula is C20H30F6N4O3+2. The third-order valence-corrected chi connectivity index (χ3v) is 4.53. The first-order valence-electron chi connectivity index (χ1n) is 10.6. The van der Waals surface area contributed by atoms with Gasteiger partial charge in [-0.25, -0.2) is 18.3 Å². The minimum Gasteiger partial charge on any atom is -0.377 e. The van der Waals surface area contributed by atoms with Crippen LogP contribution in [0.2, 0.25) is 0 Å². The fraction of sp³-hybridized carbons (Fsp3) is 0.700. The summed E-state index contributed by atoms with van der Waals surface area (Å²) in [5, 5.41) is 0. The molecule has 0 aliphatic rings. The van der Waals surface area contributed by atoms with Crippen LogP contribution in [0.4, 0.5) is 26.3 Å². The molecule has 0 aromatic carbocycles. The van der Waals surface area contributed by atoms with Crippen LogP contribution < -0.4 is 9.13 Å². The Bertz CT molecular complexity index is 727. The van der Waals surface area contributed by atoms with Crippen molar-refractivity contribution in [1.29, 1.82) is 0 Å². The molecule has 0 aliphatic carbocycles. The molecule has 0 N–H and O–H groups in total. The van der Waals surface area contributed by atoms with E-state index in [1.165, 1.54) is 9.13 Å². The van der Waals surface area contributed by atoms with E-state index in [1.54, 1.807) is 46.6 Å². The molecule has 0 amide bonds. The largest absolute Gasteiger partial charge is 0.392 e. The van der Waals surface area contributed by atoms with Gasteiger partial charge in [0.2, 0.25) is 12.7 Å². The third-order valence-electron chi connectivity index (χ3n) is 4.53. The summed E-state index contributed by atoms with van der Waals surface area (Å²) in [4.78, 5) is 0. The van der Waals surface area contributed by atoms with E-state index >= 15 is 0 Å². The molecule has 0 saturated heterocycles. The topological polar surface area (TPSA) is 45.3 Å². The Morgan fingerprint density at radius 3 is 1.30 bits per heavy atom. The van der Waals surface area contributed by atoms with Crippen LogP contribution in [0.5, 0.6) is 0 Å². The molecular weight excluding hydrogens is 458 g/mol. The third kappa shape index (κ3) is 13.2. The molecule has 2 aromatic heterocycles. The number of ether oxygens (including phenoxy) is 3. The summed E-state index contributed by atoms with van der Waals surface area (Å²) in [6, 6.07) is 0. The number of hydrogen-bond acceptors (Lipinski definition) is 3. The average molecular weight is 488 g/mol. The quantitative estimate of drug-likeness (QED) is 0.207. The zero-order chi connectivity index (χ0) is 24.2. The van der Waals surface area contributed by atoms with Crippen LogP contribution in [0.3, 0.4) is 0 Å². The molecule has 0 unspecified atom stereocenters. The van der Waals surface area contributed by atoms with Crippen LogP contribution >= 0.6 is 0 Å². The highest BCUT2D eigenvalue weighted by atomic mass is 19.4. The monoisotopic (exact) mass is 488 g/mol. The molecule has 33 heavy (non-hydrogen) atoms. The van der Waals surface area contributed by atoms with Crippen LogP contribution in [0.25, 0.3) is 0 Å². The lowest BCUT2D eigenvalue weighted by Gasteiger charge is -2.06. The molecule has 188 valence electrons. The minimum absolute atomic E-state index is 0.110. The van der Waals surface area contributed by atoms with Gasteiger partial charge in [0.15, 0.2) is 0 Å². The van der Waals surface area contributed by atoms with E-state index in [0.29, 0.717) is 52.7 Å². The molecule has 2 rings (SSSR count). The lowest BCUT2D eigenvalue weighted by molar-refractivity contribution is -0.699. The normalized spacial score (nSPS) is 12.5. The molecule has 0 spiro atoms.